The van der Waals surface area contributed by atoms with Crippen LogP contribution in [-0.4, -0.2) is 20.6 Å². The van der Waals surface area contributed by atoms with E-state index >= 15 is 0 Å². The van der Waals surface area contributed by atoms with Gasteiger partial charge in [0, 0.05) is 0 Å². The molecule has 2 aromatic rings. The van der Waals surface area contributed by atoms with Gasteiger partial charge in [0.2, 0.25) is 5.75 Å². The highest BCUT2D eigenvalue weighted by molar-refractivity contribution is 7.87. The lowest BCUT2D eigenvalue weighted by atomic mass is 10.2. The van der Waals surface area contributed by atoms with Crippen molar-refractivity contribution >= 4 is 21.7 Å². The average Bonchev–Trinajstić information content (AvgIpc) is 2.49. The maximum atomic E-state index is 12.3. The summed E-state index contributed by atoms with van der Waals surface area (Å²) in [5, 5.41) is 9.18. The standard InChI is InChI=1S/C15H15ClO5S/c1-10-3-5-12(6-4-10)22(18,19)21-15-13(16)7-11(9-17)8-14(15)20-2/h3-8,17H,9H2,1-2H3. The van der Waals surface area contributed by atoms with E-state index in [2.05, 4.69) is 0 Å². The number of aliphatic hydroxyl groups is 1. The molecular weight excluding hydrogens is 328 g/mol. The van der Waals surface area contributed by atoms with Crippen molar-refractivity contribution in [2.45, 2.75) is 18.4 Å². The maximum Gasteiger partial charge on any atom is 0.339 e. The van der Waals surface area contributed by atoms with Gasteiger partial charge < -0.3 is 14.0 Å². The van der Waals surface area contributed by atoms with Gasteiger partial charge in [0.1, 0.15) is 4.90 Å². The lowest BCUT2D eigenvalue weighted by Crippen LogP contribution is -2.11. The molecule has 0 heterocycles. The first-order valence-electron chi connectivity index (χ1n) is 6.36. The Kier molecular flexibility index (Phi) is 4.95. The Labute approximate surface area is 134 Å². The molecule has 2 rings (SSSR count). The van der Waals surface area contributed by atoms with Crippen LogP contribution in [0.3, 0.4) is 0 Å². The van der Waals surface area contributed by atoms with E-state index in [9.17, 15) is 8.42 Å². The fourth-order valence-corrected chi connectivity index (χ4v) is 3.08. The highest BCUT2D eigenvalue weighted by atomic mass is 35.5. The van der Waals surface area contributed by atoms with Gasteiger partial charge in [-0.05, 0) is 36.8 Å². The van der Waals surface area contributed by atoms with Gasteiger partial charge in [-0.15, -0.1) is 0 Å². The monoisotopic (exact) mass is 342 g/mol. The zero-order chi connectivity index (χ0) is 16.3. The summed E-state index contributed by atoms with van der Waals surface area (Å²) in [7, 11) is -2.67. The average molecular weight is 343 g/mol. The molecule has 0 saturated heterocycles. The molecule has 0 aliphatic carbocycles. The molecular formula is C15H15ClO5S. The Hall–Kier alpha value is -1.76. The topological polar surface area (TPSA) is 72.8 Å². The van der Waals surface area contributed by atoms with Gasteiger partial charge in [0.25, 0.3) is 0 Å². The number of aryl methyl sites for hydroxylation is 1. The summed E-state index contributed by atoms with van der Waals surface area (Å²) < 4.78 is 34.8. The summed E-state index contributed by atoms with van der Waals surface area (Å²) in [6.45, 7) is 1.60. The van der Waals surface area contributed by atoms with E-state index in [1.165, 1.54) is 31.4 Å². The third-order valence-corrected chi connectivity index (χ3v) is 4.49. The Bertz CT molecular complexity index is 769. The molecule has 0 bridgehead atoms. The Morgan fingerprint density at radius 1 is 1.18 bits per heavy atom. The van der Waals surface area contributed by atoms with Crippen LogP contribution in [0.5, 0.6) is 11.5 Å². The fourth-order valence-electron chi connectivity index (χ4n) is 1.81. The Morgan fingerprint density at radius 2 is 1.82 bits per heavy atom. The molecule has 0 atom stereocenters. The van der Waals surface area contributed by atoms with E-state index in [1.54, 1.807) is 12.1 Å². The fraction of sp³-hybridized carbons (Fsp3) is 0.200. The Morgan fingerprint density at radius 3 is 2.36 bits per heavy atom. The molecule has 0 aliphatic heterocycles. The predicted molar refractivity (Wildman–Crippen MR) is 82.9 cm³/mol. The highest BCUT2D eigenvalue weighted by Crippen LogP contribution is 2.38. The molecule has 5 nitrogen and oxygen atoms in total. The molecule has 0 spiro atoms. The molecule has 0 fully saturated rings. The van der Waals surface area contributed by atoms with Gasteiger partial charge >= 0.3 is 10.1 Å². The van der Waals surface area contributed by atoms with Crippen LogP contribution in [0.4, 0.5) is 0 Å². The summed E-state index contributed by atoms with van der Waals surface area (Å²) in [6, 6.07) is 9.13. The predicted octanol–water partition coefficient (Wildman–Crippen LogP) is 2.92. The second-order valence-corrected chi connectivity index (χ2v) is 6.57. The van der Waals surface area contributed by atoms with Crippen molar-refractivity contribution in [3.05, 3.63) is 52.5 Å². The number of hydrogen-bond acceptors (Lipinski definition) is 5. The van der Waals surface area contributed by atoms with Gasteiger partial charge in [-0.1, -0.05) is 29.3 Å². The first-order chi connectivity index (χ1) is 10.4. The van der Waals surface area contributed by atoms with Gasteiger partial charge in [-0.2, -0.15) is 8.42 Å². The zero-order valence-electron chi connectivity index (χ0n) is 12.0. The molecule has 0 aromatic heterocycles. The quantitative estimate of drug-likeness (QED) is 0.846. The van der Waals surface area contributed by atoms with Gasteiger partial charge in [0.05, 0.1) is 18.7 Å². The first kappa shape index (κ1) is 16.6. The van der Waals surface area contributed by atoms with Crippen molar-refractivity contribution in [3.8, 4) is 11.5 Å². The van der Waals surface area contributed by atoms with Crippen LogP contribution in [0.2, 0.25) is 5.02 Å². The number of hydrogen-bond donors (Lipinski definition) is 1. The molecule has 0 amide bonds. The van der Waals surface area contributed by atoms with E-state index in [0.29, 0.717) is 5.56 Å². The molecule has 7 heteroatoms. The van der Waals surface area contributed by atoms with E-state index < -0.39 is 10.1 Å². The number of aliphatic hydroxyl groups excluding tert-OH is 1. The van der Waals surface area contributed by atoms with E-state index in [-0.39, 0.29) is 28.0 Å². The molecule has 2 aromatic carbocycles. The molecule has 0 aliphatic rings. The second kappa shape index (κ2) is 6.56. The van der Waals surface area contributed by atoms with Crippen molar-refractivity contribution in [1.82, 2.24) is 0 Å². The van der Waals surface area contributed by atoms with Crippen molar-refractivity contribution in [2.24, 2.45) is 0 Å². The van der Waals surface area contributed by atoms with Gasteiger partial charge in [-0.25, -0.2) is 0 Å². The number of ether oxygens (including phenoxy) is 1. The minimum atomic E-state index is -4.03. The number of methoxy groups -OCH3 is 1. The lowest BCUT2D eigenvalue weighted by Gasteiger charge is -2.13. The molecule has 0 radical (unpaired) electrons. The van der Waals surface area contributed by atoms with Gasteiger partial charge in [-0.3, -0.25) is 0 Å². The van der Waals surface area contributed by atoms with Crippen LogP contribution < -0.4 is 8.92 Å². The van der Waals surface area contributed by atoms with Crippen molar-refractivity contribution in [1.29, 1.82) is 0 Å². The minimum Gasteiger partial charge on any atom is -0.493 e. The van der Waals surface area contributed by atoms with E-state index in [4.69, 9.17) is 25.6 Å². The smallest absolute Gasteiger partial charge is 0.339 e. The minimum absolute atomic E-state index is 0.0162. The van der Waals surface area contributed by atoms with Crippen LogP contribution in [0.25, 0.3) is 0 Å². The highest BCUT2D eigenvalue weighted by Gasteiger charge is 2.22. The van der Waals surface area contributed by atoms with Crippen LogP contribution in [-0.2, 0) is 16.7 Å². The number of halogens is 1. The summed E-state index contributed by atoms with van der Waals surface area (Å²) in [5.41, 5.74) is 1.42. The summed E-state index contributed by atoms with van der Waals surface area (Å²) >= 11 is 6.03. The summed E-state index contributed by atoms with van der Waals surface area (Å²) in [4.78, 5) is 0.0162. The van der Waals surface area contributed by atoms with Gasteiger partial charge in [0.15, 0.2) is 5.75 Å². The molecule has 0 saturated carbocycles. The second-order valence-electron chi connectivity index (χ2n) is 4.62. The van der Waals surface area contributed by atoms with E-state index in [0.717, 1.165) is 5.56 Å². The lowest BCUT2D eigenvalue weighted by molar-refractivity contribution is 0.280. The molecule has 22 heavy (non-hydrogen) atoms. The first-order valence-corrected chi connectivity index (χ1v) is 8.14. The maximum absolute atomic E-state index is 12.3. The summed E-state index contributed by atoms with van der Waals surface area (Å²) in [5.74, 6) is 0.0224. The molecule has 118 valence electrons. The van der Waals surface area contributed by atoms with E-state index in [1.807, 2.05) is 6.92 Å². The Balaban J connectivity index is 2.43. The van der Waals surface area contributed by atoms with Crippen LogP contribution in [0.15, 0.2) is 41.3 Å². The van der Waals surface area contributed by atoms with Crippen molar-refractivity contribution < 1.29 is 22.4 Å². The number of benzene rings is 2. The SMILES string of the molecule is COc1cc(CO)cc(Cl)c1OS(=O)(=O)c1ccc(C)cc1. The zero-order valence-corrected chi connectivity index (χ0v) is 13.6. The van der Waals surface area contributed by atoms with Crippen LogP contribution in [0.1, 0.15) is 11.1 Å². The normalized spacial score (nSPS) is 11.3. The third kappa shape index (κ3) is 3.52. The summed E-state index contributed by atoms with van der Waals surface area (Å²) in [6.07, 6.45) is 0. The van der Waals surface area contributed by atoms with Crippen LogP contribution in [0, 0.1) is 6.92 Å². The van der Waals surface area contributed by atoms with Crippen LogP contribution >= 0.6 is 11.6 Å². The molecule has 0 unspecified atom stereocenters. The largest absolute Gasteiger partial charge is 0.493 e. The van der Waals surface area contributed by atoms with Crippen molar-refractivity contribution in [2.75, 3.05) is 7.11 Å². The number of rotatable bonds is 5. The third-order valence-electron chi connectivity index (χ3n) is 2.97. The molecule has 1 N–H and O–H groups in total. The van der Waals surface area contributed by atoms with Crippen molar-refractivity contribution in [3.63, 3.8) is 0 Å².